The summed E-state index contributed by atoms with van der Waals surface area (Å²) in [5.74, 6) is 1.07. The lowest BCUT2D eigenvalue weighted by Gasteiger charge is -2.16. The van der Waals surface area contributed by atoms with Crippen LogP contribution in [0, 0.1) is 11.8 Å². The van der Waals surface area contributed by atoms with E-state index in [-0.39, 0.29) is 12.6 Å². The van der Waals surface area contributed by atoms with Gasteiger partial charge >= 0.3 is 0 Å². The zero-order valence-corrected chi connectivity index (χ0v) is 13.8. The number of pyridine rings is 1. The summed E-state index contributed by atoms with van der Waals surface area (Å²) in [5.41, 5.74) is 8.83. The third-order valence-electron chi connectivity index (χ3n) is 4.00. The number of nitrogens with zero attached hydrogens (tertiary/aromatic N) is 3. The van der Waals surface area contributed by atoms with Crippen LogP contribution in [0.15, 0.2) is 28.4 Å². The molecule has 0 saturated carbocycles. The van der Waals surface area contributed by atoms with Crippen LogP contribution in [0.4, 0.5) is 11.5 Å². The van der Waals surface area contributed by atoms with Crippen molar-refractivity contribution in [2.75, 3.05) is 25.5 Å². The topological polar surface area (TPSA) is 99.2 Å². The number of hydrogen-bond donors (Lipinski definition) is 1. The fraction of sp³-hybridized carbons (Fsp3) is 0.412. The van der Waals surface area contributed by atoms with Crippen LogP contribution in [0.1, 0.15) is 18.9 Å². The van der Waals surface area contributed by atoms with Crippen LogP contribution in [-0.2, 0) is 4.74 Å². The normalized spacial score (nSPS) is 18.1. The lowest BCUT2D eigenvalue weighted by atomic mass is 10.1. The molecule has 1 aromatic heterocycles. The van der Waals surface area contributed by atoms with Crippen molar-refractivity contribution < 1.29 is 9.47 Å². The van der Waals surface area contributed by atoms with E-state index in [0.717, 1.165) is 28.6 Å². The molecule has 0 aliphatic carbocycles. The van der Waals surface area contributed by atoms with E-state index in [2.05, 4.69) is 15.2 Å². The third kappa shape index (κ3) is 3.21. The number of nitrogens with two attached hydrogens (primary N) is 1. The van der Waals surface area contributed by atoms with Crippen LogP contribution in [0.2, 0.25) is 0 Å². The van der Waals surface area contributed by atoms with Crippen molar-refractivity contribution in [3.8, 4) is 5.75 Å². The van der Waals surface area contributed by atoms with Crippen molar-refractivity contribution in [3.63, 3.8) is 0 Å². The number of benzene rings is 1. The van der Waals surface area contributed by atoms with E-state index in [1.165, 1.54) is 0 Å². The summed E-state index contributed by atoms with van der Waals surface area (Å²) >= 11 is 0. The van der Waals surface area contributed by atoms with E-state index in [1.54, 1.807) is 6.92 Å². The minimum atomic E-state index is 0.0223. The van der Waals surface area contributed by atoms with Crippen LogP contribution < -0.4 is 10.5 Å². The van der Waals surface area contributed by atoms with E-state index in [0.29, 0.717) is 30.4 Å². The molecule has 0 bridgehead atoms. The van der Waals surface area contributed by atoms with Gasteiger partial charge in [-0.25, -0.2) is 4.98 Å². The number of fused-ring (bicyclic) bond motifs is 1. The summed E-state index contributed by atoms with van der Waals surface area (Å²) < 4.78 is 11.5. The Morgan fingerprint density at radius 2 is 2.33 bits per heavy atom. The zero-order chi connectivity index (χ0) is 17.1. The van der Waals surface area contributed by atoms with Gasteiger partial charge in [-0.05, 0) is 31.5 Å². The number of nitroso groups, excluding NO2 is 1. The highest BCUT2D eigenvalue weighted by molar-refractivity contribution is 5.96. The van der Waals surface area contributed by atoms with E-state index in [4.69, 9.17) is 15.2 Å². The molecular formula is C17H20N4O3. The van der Waals surface area contributed by atoms with Gasteiger partial charge in [-0.3, -0.25) is 4.99 Å². The van der Waals surface area contributed by atoms with Crippen LogP contribution >= 0.6 is 0 Å². The fourth-order valence-corrected chi connectivity index (χ4v) is 2.83. The van der Waals surface area contributed by atoms with Gasteiger partial charge in [0.1, 0.15) is 29.9 Å². The first kappa shape index (κ1) is 16.3. The van der Waals surface area contributed by atoms with Crippen molar-refractivity contribution in [1.82, 2.24) is 4.98 Å². The molecule has 2 aromatic rings. The second-order valence-electron chi connectivity index (χ2n) is 5.86. The maximum Gasteiger partial charge on any atom is 0.150 e. The van der Waals surface area contributed by atoms with Gasteiger partial charge in [-0.2, -0.15) is 4.91 Å². The Labute approximate surface area is 139 Å². The lowest BCUT2D eigenvalue weighted by molar-refractivity contribution is 0.142. The van der Waals surface area contributed by atoms with Crippen molar-refractivity contribution >= 4 is 28.1 Å². The van der Waals surface area contributed by atoms with Crippen LogP contribution in [0.3, 0.4) is 0 Å². The molecule has 2 heterocycles. The molecule has 7 nitrogen and oxygen atoms in total. The fourth-order valence-electron chi connectivity index (χ4n) is 2.83. The number of anilines is 1. The molecule has 1 aliphatic rings. The second-order valence-corrected chi connectivity index (χ2v) is 5.86. The molecular weight excluding hydrogens is 308 g/mol. The largest absolute Gasteiger partial charge is 0.487 e. The predicted molar refractivity (Wildman–Crippen MR) is 94.2 cm³/mol. The van der Waals surface area contributed by atoms with E-state index in [9.17, 15) is 4.91 Å². The maximum atomic E-state index is 10.4. The summed E-state index contributed by atoms with van der Waals surface area (Å²) in [6.07, 6.45) is 0.910. The Morgan fingerprint density at radius 3 is 3.04 bits per heavy atom. The molecule has 0 radical (unpaired) electrons. The standard InChI is InChI=1S/C17H20N4O3/c1-10(8-19-22)20-16-11(2)15-13(21-17(16)18)4-3-5-14(15)24-12-6-7-23-9-12/h3-5,12H,6-9H2,1-2H3,(H2,18,21)/b20-10+. The number of aryl methyl sites for hydroxylation is 1. The number of nitrogen functional groups attached to an aromatic ring is 1. The molecule has 1 fully saturated rings. The molecule has 7 heteroatoms. The van der Waals surface area contributed by atoms with Crippen LogP contribution in [-0.4, -0.2) is 36.6 Å². The van der Waals surface area contributed by atoms with Gasteiger partial charge in [-0.1, -0.05) is 11.2 Å². The second kappa shape index (κ2) is 6.92. The first-order valence-electron chi connectivity index (χ1n) is 7.86. The quantitative estimate of drug-likeness (QED) is 0.671. The van der Waals surface area contributed by atoms with Gasteiger partial charge in [0.25, 0.3) is 0 Å². The molecule has 1 saturated heterocycles. The van der Waals surface area contributed by atoms with Crippen molar-refractivity contribution in [2.24, 2.45) is 10.2 Å². The van der Waals surface area contributed by atoms with Crippen LogP contribution in [0.5, 0.6) is 5.75 Å². The Kier molecular flexibility index (Phi) is 4.71. The van der Waals surface area contributed by atoms with Gasteiger partial charge in [-0.15, -0.1) is 0 Å². The highest BCUT2D eigenvalue weighted by Crippen LogP contribution is 2.37. The van der Waals surface area contributed by atoms with Crippen molar-refractivity contribution in [2.45, 2.75) is 26.4 Å². The Hall–Kier alpha value is -2.54. The molecule has 24 heavy (non-hydrogen) atoms. The highest BCUT2D eigenvalue weighted by atomic mass is 16.5. The first-order valence-corrected chi connectivity index (χ1v) is 7.86. The predicted octanol–water partition coefficient (Wildman–Crippen LogP) is 3.15. The molecule has 126 valence electrons. The molecule has 0 spiro atoms. The van der Waals surface area contributed by atoms with Crippen molar-refractivity contribution in [3.05, 3.63) is 28.7 Å². The smallest absolute Gasteiger partial charge is 0.150 e. The highest BCUT2D eigenvalue weighted by Gasteiger charge is 2.20. The summed E-state index contributed by atoms with van der Waals surface area (Å²) in [5, 5.41) is 3.74. The summed E-state index contributed by atoms with van der Waals surface area (Å²) in [6.45, 7) is 5.00. The molecule has 3 rings (SSSR count). The first-order chi connectivity index (χ1) is 11.6. The number of rotatable bonds is 5. The minimum absolute atomic E-state index is 0.0223. The third-order valence-corrected chi connectivity index (χ3v) is 4.00. The average Bonchev–Trinajstić information content (AvgIpc) is 3.04. The molecule has 1 aromatic carbocycles. The molecule has 0 amide bonds. The Balaban J connectivity index is 2.10. The number of aliphatic imine (C=N–C) groups is 1. The number of aromatic nitrogens is 1. The molecule has 1 unspecified atom stereocenters. The Morgan fingerprint density at radius 1 is 1.50 bits per heavy atom. The average molecular weight is 328 g/mol. The van der Waals surface area contributed by atoms with Gasteiger partial charge in [0.05, 0.1) is 18.7 Å². The van der Waals surface area contributed by atoms with Crippen LogP contribution in [0.25, 0.3) is 10.9 Å². The molecule has 1 atom stereocenters. The monoisotopic (exact) mass is 328 g/mol. The van der Waals surface area contributed by atoms with Crippen molar-refractivity contribution in [1.29, 1.82) is 0 Å². The lowest BCUT2D eigenvalue weighted by Crippen LogP contribution is -2.16. The molecule has 1 aliphatic heterocycles. The van der Waals surface area contributed by atoms with Gasteiger partial charge in [0.2, 0.25) is 0 Å². The number of hydrogen-bond acceptors (Lipinski definition) is 7. The van der Waals surface area contributed by atoms with E-state index < -0.39 is 0 Å². The number of ether oxygens (including phenoxy) is 2. The van der Waals surface area contributed by atoms with Gasteiger partial charge in [0, 0.05) is 17.5 Å². The SMILES string of the molecule is C/C(CN=O)=N\c1c(N)nc2cccc(OC3CCOC3)c2c1C. The maximum absolute atomic E-state index is 10.4. The zero-order valence-electron chi connectivity index (χ0n) is 13.8. The Bertz CT molecular complexity index is 798. The minimum Gasteiger partial charge on any atom is -0.487 e. The van der Waals surface area contributed by atoms with Gasteiger partial charge in [0.15, 0.2) is 0 Å². The summed E-state index contributed by atoms with van der Waals surface area (Å²) in [7, 11) is 0. The summed E-state index contributed by atoms with van der Waals surface area (Å²) in [6, 6.07) is 5.70. The van der Waals surface area contributed by atoms with Gasteiger partial charge < -0.3 is 15.2 Å². The van der Waals surface area contributed by atoms with E-state index in [1.807, 2.05) is 25.1 Å². The molecule has 2 N–H and O–H groups in total. The van der Waals surface area contributed by atoms with E-state index >= 15 is 0 Å². The summed E-state index contributed by atoms with van der Waals surface area (Å²) in [4.78, 5) is 19.3.